The van der Waals surface area contributed by atoms with Crippen molar-refractivity contribution in [1.29, 1.82) is 10.8 Å². The van der Waals surface area contributed by atoms with Crippen LogP contribution in [0.1, 0.15) is 35.9 Å². The van der Waals surface area contributed by atoms with Crippen molar-refractivity contribution < 1.29 is 9.59 Å². The number of likely N-dealkylation sites (tertiary alicyclic amines) is 1. The zero-order valence-electron chi connectivity index (χ0n) is 27.1. The summed E-state index contributed by atoms with van der Waals surface area (Å²) in [6, 6.07) is 10.7. The van der Waals surface area contributed by atoms with E-state index in [0.29, 0.717) is 80.6 Å². The number of nitrogens with two attached hydrogens (primary N) is 1. The fourth-order valence-corrected chi connectivity index (χ4v) is 5.87. The number of aryl methyl sites for hydroxylation is 1. The molecule has 0 spiro atoms. The van der Waals surface area contributed by atoms with Crippen molar-refractivity contribution in [1.82, 2.24) is 30.1 Å². The summed E-state index contributed by atoms with van der Waals surface area (Å²) in [6.45, 7) is 8.10. The molecule has 3 aromatic heterocycles. The van der Waals surface area contributed by atoms with Crippen LogP contribution in [0.2, 0.25) is 0 Å². The predicted octanol–water partition coefficient (Wildman–Crippen LogP) is 1.78. The summed E-state index contributed by atoms with van der Waals surface area (Å²) in [5.41, 5.74) is 9.14. The van der Waals surface area contributed by atoms with Crippen molar-refractivity contribution in [3.63, 3.8) is 0 Å². The van der Waals surface area contributed by atoms with Crippen LogP contribution in [-0.4, -0.2) is 114 Å². The number of piperazine rings is 1. The molecule has 5 N–H and O–H groups in total. The fraction of sp³-hybridized carbons (Fsp3) is 0.394. The summed E-state index contributed by atoms with van der Waals surface area (Å²) in [6.07, 6.45) is 5.40. The number of carbonyl (C=O) groups is 2. The molecule has 2 aliphatic heterocycles. The van der Waals surface area contributed by atoms with Gasteiger partial charge in [0.25, 0.3) is 0 Å². The molecule has 2 amide bonds. The Hall–Kier alpha value is -5.24. The van der Waals surface area contributed by atoms with Crippen LogP contribution < -0.4 is 20.9 Å². The topological polar surface area (TPSA) is 184 Å². The lowest BCUT2D eigenvalue weighted by molar-refractivity contribution is -0.132. The van der Waals surface area contributed by atoms with Gasteiger partial charge in [-0.05, 0) is 63.2 Å². The number of nitrogen functional groups attached to an aromatic ring is 1. The average molecular weight is 639 g/mol. The van der Waals surface area contributed by atoms with E-state index in [1.54, 1.807) is 48.6 Å². The molecule has 0 radical (unpaired) electrons. The molecule has 246 valence electrons. The third-order valence-electron chi connectivity index (χ3n) is 8.47. The summed E-state index contributed by atoms with van der Waals surface area (Å²) < 4.78 is 0. The molecular formula is C33H42N12O2. The highest BCUT2D eigenvalue weighted by Crippen LogP contribution is 2.25. The van der Waals surface area contributed by atoms with Gasteiger partial charge in [-0.15, -0.1) is 0 Å². The molecule has 0 bridgehead atoms. The SMILES string of the molecule is CCN(C(=O)[C@@H]1CCN(CC(=O)N2CCN(c3ccc(C(=N)/N=C\NC)cn3)CC2)C1)c1ccc(N)c(C(=N)c2ccnc(C)c2)n1. The van der Waals surface area contributed by atoms with E-state index in [0.717, 1.165) is 11.5 Å². The minimum atomic E-state index is -0.260. The molecule has 0 aromatic carbocycles. The minimum absolute atomic E-state index is 0.0481. The highest BCUT2D eigenvalue weighted by molar-refractivity contribution is 6.13. The van der Waals surface area contributed by atoms with E-state index in [4.69, 9.17) is 16.6 Å². The van der Waals surface area contributed by atoms with Crippen LogP contribution in [0, 0.1) is 23.7 Å². The Morgan fingerprint density at radius 1 is 1.09 bits per heavy atom. The Kier molecular flexibility index (Phi) is 10.5. The number of hydrogen-bond donors (Lipinski definition) is 4. The monoisotopic (exact) mass is 638 g/mol. The molecule has 0 aliphatic carbocycles. The number of nitrogens with zero attached hydrogens (tertiary/aromatic N) is 8. The van der Waals surface area contributed by atoms with E-state index in [2.05, 4.69) is 35.1 Å². The Balaban J connectivity index is 1.14. The number of anilines is 3. The van der Waals surface area contributed by atoms with Gasteiger partial charge in [0.2, 0.25) is 11.8 Å². The van der Waals surface area contributed by atoms with E-state index in [9.17, 15) is 9.59 Å². The van der Waals surface area contributed by atoms with Gasteiger partial charge >= 0.3 is 0 Å². The number of aromatic nitrogens is 3. The van der Waals surface area contributed by atoms with Crippen LogP contribution in [0.4, 0.5) is 17.3 Å². The number of hydrogen-bond acceptors (Lipinski definition) is 10. The quantitative estimate of drug-likeness (QED) is 0.190. The molecule has 0 saturated carbocycles. The average Bonchev–Trinajstić information content (AvgIpc) is 3.56. The maximum absolute atomic E-state index is 13.7. The molecule has 2 aliphatic rings. The van der Waals surface area contributed by atoms with Gasteiger partial charge in [-0.25, -0.2) is 15.0 Å². The van der Waals surface area contributed by atoms with E-state index in [1.165, 1.54) is 6.34 Å². The van der Waals surface area contributed by atoms with Crippen molar-refractivity contribution in [2.45, 2.75) is 20.3 Å². The summed E-state index contributed by atoms with van der Waals surface area (Å²) in [5, 5.41) is 19.5. The highest BCUT2D eigenvalue weighted by atomic mass is 16.2. The number of aliphatic imine (C=N–C) groups is 1. The van der Waals surface area contributed by atoms with Crippen LogP contribution in [-0.2, 0) is 9.59 Å². The summed E-state index contributed by atoms with van der Waals surface area (Å²) >= 11 is 0. The number of amidine groups is 1. The van der Waals surface area contributed by atoms with Crippen LogP contribution in [0.15, 0.2) is 53.8 Å². The molecule has 47 heavy (non-hydrogen) atoms. The van der Waals surface area contributed by atoms with Gasteiger partial charge in [0.1, 0.15) is 17.3 Å². The van der Waals surface area contributed by atoms with Crippen LogP contribution in [0.25, 0.3) is 0 Å². The molecule has 1 atom stereocenters. The van der Waals surface area contributed by atoms with E-state index in [1.807, 2.05) is 30.9 Å². The van der Waals surface area contributed by atoms with Gasteiger partial charge in [0, 0.05) is 75.5 Å². The fourth-order valence-electron chi connectivity index (χ4n) is 5.87. The molecule has 2 saturated heterocycles. The van der Waals surface area contributed by atoms with Crippen molar-refractivity contribution in [3.05, 3.63) is 71.3 Å². The van der Waals surface area contributed by atoms with Gasteiger partial charge < -0.3 is 20.9 Å². The van der Waals surface area contributed by atoms with Crippen molar-refractivity contribution in [2.75, 3.05) is 74.9 Å². The molecule has 5 rings (SSSR count). The van der Waals surface area contributed by atoms with E-state index >= 15 is 0 Å². The number of pyridine rings is 3. The Bertz CT molecular complexity index is 1650. The summed E-state index contributed by atoms with van der Waals surface area (Å²) in [5.74, 6) is 1.14. The Morgan fingerprint density at radius 2 is 1.87 bits per heavy atom. The first-order chi connectivity index (χ1) is 22.7. The third-order valence-corrected chi connectivity index (χ3v) is 8.47. The van der Waals surface area contributed by atoms with E-state index in [-0.39, 0.29) is 35.8 Å². The number of amides is 2. The Morgan fingerprint density at radius 3 is 2.55 bits per heavy atom. The number of rotatable bonds is 10. The molecular weight excluding hydrogens is 596 g/mol. The van der Waals surface area contributed by atoms with Crippen LogP contribution >= 0.6 is 0 Å². The van der Waals surface area contributed by atoms with Gasteiger partial charge in [0.05, 0.1) is 30.2 Å². The second-order valence-corrected chi connectivity index (χ2v) is 11.6. The molecule has 14 nitrogen and oxygen atoms in total. The highest BCUT2D eigenvalue weighted by Gasteiger charge is 2.34. The molecule has 14 heteroatoms. The number of carbonyl (C=O) groups excluding carboxylic acids is 2. The first-order valence-corrected chi connectivity index (χ1v) is 15.8. The minimum Gasteiger partial charge on any atom is -0.397 e. The zero-order valence-corrected chi connectivity index (χ0v) is 27.1. The maximum atomic E-state index is 13.7. The van der Waals surface area contributed by atoms with Crippen LogP contribution in [0.3, 0.4) is 0 Å². The smallest absolute Gasteiger partial charge is 0.236 e. The predicted molar refractivity (Wildman–Crippen MR) is 184 cm³/mol. The molecule has 5 heterocycles. The third kappa shape index (κ3) is 7.77. The molecule has 3 aromatic rings. The Labute approximate surface area is 274 Å². The molecule has 2 fully saturated rings. The van der Waals surface area contributed by atoms with E-state index < -0.39 is 0 Å². The van der Waals surface area contributed by atoms with Crippen molar-refractivity contribution in [2.24, 2.45) is 10.9 Å². The zero-order chi connectivity index (χ0) is 33.5. The largest absolute Gasteiger partial charge is 0.397 e. The van der Waals surface area contributed by atoms with Gasteiger partial charge in [-0.2, -0.15) is 0 Å². The van der Waals surface area contributed by atoms with Gasteiger partial charge in [-0.3, -0.25) is 35.2 Å². The lowest BCUT2D eigenvalue weighted by atomic mass is 10.1. The lowest BCUT2D eigenvalue weighted by Crippen LogP contribution is -2.51. The summed E-state index contributed by atoms with van der Waals surface area (Å²) in [7, 11) is 1.73. The molecule has 0 unspecified atom stereocenters. The van der Waals surface area contributed by atoms with Crippen molar-refractivity contribution in [3.8, 4) is 0 Å². The second kappa shape index (κ2) is 14.9. The maximum Gasteiger partial charge on any atom is 0.236 e. The lowest BCUT2D eigenvalue weighted by Gasteiger charge is -2.36. The van der Waals surface area contributed by atoms with Crippen molar-refractivity contribution >= 4 is 47.0 Å². The second-order valence-electron chi connectivity index (χ2n) is 11.6. The summed E-state index contributed by atoms with van der Waals surface area (Å²) in [4.78, 5) is 52.0. The normalized spacial score (nSPS) is 16.8. The van der Waals surface area contributed by atoms with Crippen LogP contribution in [0.5, 0.6) is 0 Å². The number of nitrogens with one attached hydrogen (secondary N) is 3. The van der Waals surface area contributed by atoms with Gasteiger partial charge in [0.15, 0.2) is 5.84 Å². The first kappa shape index (κ1) is 33.1. The first-order valence-electron chi connectivity index (χ1n) is 15.8. The van der Waals surface area contributed by atoms with Gasteiger partial charge in [-0.1, -0.05) is 0 Å². The standard InChI is InChI=1S/C33H42N12O2/c1-4-45(28-8-6-26(34)31(41-28)30(35)23-9-11-38-22(2)17-23)33(47)25-10-12-42(19-25)20-29(46)44-15-13-43(14-16-44)27-7-5-24(18-39-27)32(36)40-21-37-3/h5-9,11,17-18,21,25,35H,4,10,12-16,19-20,34H2,1-3H3,(H2,36,37,40)/t25-/m1/s1.